The Labute approximate surface area is 191 Å². The molecule has 9 heteroatoms. The predicted molar refractivity (Wildman–Crippen MR) is 127 cm³/mol. The van der Waals surface area contributed by atoms with Crippen LogP contribution in [0.25, 0.3) is 16.3 Å². The summed E-state index contributed by atoms with van der Waals surface area (Å²) in [7, 11) is -3.70. The lowest BCUT2D eigenvalue weighted by atomic mass is 10.1. The highest BCUT2D eigenvalue weighted by Crippen LogP contribution is 2.24. The van der Waals surface area contributed by atoms with Crippen LogP contribution in [0.4, 0.5) is 0 Å². The van der Waals surface area contributed by atoms with Crippen molar-refractivity contribution in [2.45, 2.75) is 25.3 Å². The van der Waals surface area contributed by atoms with E-state index in [-0.39, 0.29) is 28.8 Å². The van der Waals surface area contributed by atoms with Gasteiger partial charge in [0.15, 0.2) is 0 Å². The number of aromatic nitrogens is 1. The van der Waals surface area contributed by atoms with E-state index in [1.807, 2.05) is 38.1 Å². The molecule has 2 heterocycles. The van der Waals surface area contributed by atoms with E-state index in [1.54, 1.807) is 33.7 Å². The fourth-order valence-electron chi connectivity index (χ4n) is 3.75. The number of amides is 1. The number of carbonyl (C=O) groups is 1. The van der Waals surface area contributed by atoms with Gasteiger partial charge in [0, 0.05) is 38.8 Å². The van der Waals surface area contributed by atoms with Crippen LogP contribution in [0, 0.1) is 6.92 Å². The SMILES string of the molecule is CCn1c(=O)sc2cc(S(=O)(=O)N3CCN(C(=O)/C=C/c4ccc(C)cc4)CC3)ccc21. The summed E-state index contributed by atoms with van der Waals surface area (Å²) in [5.74, 6) is -0.130. The lowest BCUT2D eigenvalue weighted by Crippen LogP contribution is -2.50. The summed E-state index contributed by atoms with van der Waals surface area (Å²) in [5, 5.41) is 0. The fourth-order valence-corrected chi connectivity index (χ4v) is 6.27. The number of carbonyl (C=O) groups excluding carboxylic acids is 1. The molecule has 1 amide bonds. The van der Waals surface area contributed by atoms with Crippen LogP contribution in [0.5, 0.6) is 0 Å². The highest BCUT2D eigenvalue weighted by Gasteiger charge is 2.30. The molecule has 0 bridgehead atoms. The summed E-state index contributed by atoms with van der Waals surface area (Å²) in [6.45, 7) is 5.56. The quantitative estimate of drug-likeness (QED) is 0.536. The van der Waals surface area contributed by atoms with Crippen molar-refractivity contribution in [1.82, 2.24) is 13.8 Å². The molecule has 168 valence electrons. The van der Waals surface area contributed by atoms with Gasteiger partial charge in [0.2, 0.25) is 15.9 Å². The Morgan fingerprint density at radius 1 is 1.06 bits per heavy atom. The first-order valence-corrected chi connectivity index (χ1v) is 12.7. The highest BCUT2D eigenvalue weighted by molar-refractivity contribution is 7.89. The number of fused-ring (bicyclic) bond motifs is 1. The van der Waals surface area contributed by atoms with Gasteiger partial charge in [-0.05, 0) is 43.7 Å². The van der Waals surface area contributed by atoms with E-state index in [0.29, 0.717) is 24.3 Å². The van der Waals surface area contributed by atoms with Crippen LogP contribution >= 0.6 is 11.3 Å². The predicted octanol–water partition coefficient (Wildman–Crippen LogP) is 2.94. The van der Waals surface area contributed by atoms with Crippen molar-refractivity contribution >= 4 is 43.6 Å². The van der Waals surface area contributed by atoms with Gasteiger partial charge >= 0.3 is 4.87 Å². The van der Waals surface area contributed by atoms with Gasteiger partial charge < -0.3 is 4.90 Å². The van der Waals surface area contributed by atoms with Gasteiger partial charge in [-0.15, -0.1) is 0 Å². The van der Waals surface area contributed by atoms with Gasteiger partial charge in [0.05, 0.1) is 15.1 Å². The Kier molecular flexibility index (Phi) is 6.32. The second kappa shape index (κ2) is 9.01. The average molecular weight is 472 g/mol. The number of rotatable bonds is 5. The highest BCUT2D eigenvalue weighted by atomic mass is 32.2. The largest absolute Gasteiger partial charge is 0.337 e. The molecule has 0 saturated carbocycles. The van der Waals surface area contributed by atoms with Crippen molar-refractivity contribution < 1.29 is 13.2 Å². The molecule has 1 aromatic heterocycles. The summed E-state index contributed by atoms with van der Waals surface area (Å²) in [6.07, 6.45) is 3.30. The number of thiazole rings is 1. The van der Waals surface area contributed by atoms with Gasteiger partial charge in [-0.1, -0.05) is 41.2 Å². The molecular weight excluding hydrogens is 446 g/mol. The number of hydrogen-bond acceptors (Lipinski definition) is 5. The van der Waals surface area contributed by atoms with Crippen molar-refractivity contribution in [3.05, 3.63) is 69.3 Å². The molecule has 0 aliphatic carbocycles. The number of sulfonamides is 1. The van der Waals surface area contributed by atoms with Crippen molar-refractivity contribution in [1.29, 1.82) is 0 Å². The molecule has 32 heavy (non-hydrogen) atoms. The Morgan fingerprint density at radius 3 is 2.41 bits per heavy atom. The van der Waals surface area contributed by atoms with Gasteiger partial charge in [-0.3, -0.25) is 14.2 Å². The molecule has 1 aliphatic rings. The van der Waals surface area contributed by atoms with Crippen LogP contribution in [0.2, 0.25) is 0 Å². The molecule has 7 nitrogen and oxygen atoms in total. The third kappa shape index (κ3) is 4.41. The first-order chi connectivity index (χ1) is 15.3. The molecule has 0 spiro atoms. The van der Waals surface area contributed by atoms with E-state index in [4.69, 9.17) is 0 Å². The maximum Gasteiger partial charge on any atom is 0.308 e. The smallest absolute Gasteiger partial charge is 0.308 e. The van der Waals surface area contributed by atoms with E-state index in [9.17, 15) is 18.0 Å². The summed E-state index contributed by atoms with van der Waals surface area (Å²) in [6, 6.07) is 12.7. The molecule has 1 saturated heterocycles. The number of piperazine rings is 1. The number of benzene rings is 2. The van der Waals surface area contributed by atoms with Gasteiger partial charge in [-0.25, -0.2) is 8.42 Å². The molecular formula is C23H25N3O4S2. The number of hydrogen-bond donors (Lipinski definition) is 0. The average Bonchev–Trinajstić information content (AvgIpc) is 3.12. The first kappa shape index (κ1) is 22.4. The minimum atomic E-state index is -3.70. The van der Waals surface area contributed by atoms with E-state index in [2.05, 4.69) is 0 Å². The van der Waals surface area contributed by atoms with E-state index in [0.717, 1.165) is 28.0 Å². The van der Waals surface area contributed by atoms with Crippen LogP contribution in [0.15, 0.2) is 58.2 Å². The Balaban J connectivity index is 1.44. The third-order valence-electron chi connectivity index (χ3n) is 5.64. The summed E-state index contributed by atoms with van der Waals surface area (Å²) < 4.78 is 30.0. The zero-order chi connectivity index (χ0) is 22.9. The lowest BCUT2D eigenvalue weighted by molar-refractivity contribution is -0.127. The van der Waals surface area contributed by atoms with Crippen LogP contribution in [-0.2, 0) is 21.4 Å². The van der Waals surface area contributed by atoms with E-state index >= 15 is 0 Å². The summed E-state index contributed by atoms with van der Waals surface area (Å²) in [4.78, 5) is 26.3. The topological polar surface area (TPSA) is 79.7 Å². The fraction of sp³-hybridized carbons (Fsp3) is 0.304. The molecule has 1 fully saturated rings. The number of aryl methyl sites for hydroxylation is 2. The first-order valence-electron chi connectivity index (χ1n) is 10.5. The van der Waals surface area contributed by atoms with Crippen molar-refractivity contribution in [2.24, 2.45) is 0 Å². The Bertz CT molecular complexity index is 1330. The van der Waals surface area contributed by atoms with Gasteiger partial charge in [-0.2, -0.15) is 4.31 Å². The molecule has 2 aromatic carbocycles. The van der Waals surface area contributed by atoms with Crippen LogP contribution < -0.4 is 4.87 Å². The van der Waals surface area contributed by atoms with Crippen LogP contribution in [0.3, 0.4) is 0 Å². The normalized spacial score (nSPS) is 15.6. The maximum absolute atomic E-state index is 13.1. The molecule has 0 atom stereocenters. The third-order valence-corrected chi connectivity index (χ3v) is 8.48. The summed E-state index contributed by atoms with van der Waals surface area (Å²) in [5.41, 5.74) is 2.85. The number of nitrogens with zero attached hydrogens (tertiary/aromatic N) is 3. The molecule has 0 N–H and O–H groups in total. The second-order valence-electron chi connectivity index (χ2n) is 7.72. The second-order valence-corrected chi connectivity index (χ2v) is 10.6. The molecule has 1 aliphatic heterocycles. The van der Waals surface area contributed by atoms with Crippen molar-refractivity contribution in [3.8, 4) is 0 Å². The molecule has 3 aromatic rings. The van der Waals surface area contributed by atoms with Crippen molar-refractivity contribution in [2.75, 3.05) is 26.2 Å². The zero-order valence-electron chi connectivity index (χ0n) is 18.0. The molecule has 0 radical (unpaired) electrons. The van der Waals surface area contributed by atoms with Crippen LogP contribution in [0.1, 0.15) is 18.1 Å². The summed E-state index contributed by atoms with van der Waals surface area (Å²) >= 11 is 1.05. The van der Waals surface area contributed by atoms with E-state index < -0.39 is 10.0 Å². The van der Waals surface area contributed by atoms with Gasteiger partial charge in [0.25, 0.3) is 0 Å². The van der Waals surface area contributed by atoms with Crippen LogP contribution in [-0.4, -0.2) is 54.3 Å². The minimum Gasteiger partial charge on any atom is -0.337 e. The monoisotopic (exact) mass is 471 g/mol. The minimum absolute atomic E-state index is 0.0946. The van der Waals surface area contributed by atoms with Gasteiger partial charge in [0.1, 0.15) is 0 Å². The lowest BCUT2D eigenvalue weighted by Gasteiger charge is -2.33. The molecule has 0 unspecified atom stereocenters. The Hall–Kier alpha value is -2.75. The Morgan fingerprint density at radius 2 is 1.75 bits per heavy atom. The van der Waals surface area contributed by atoms with Crippen molar-refractivity contribution in [3.63, 3.8) is 0 Å². The zero-order valence-corrected chi connectivity index (χ0v) is 19.7. The van der Waals surface area contributed by atoms with E-state index in [1.165, 1.54) is 10.4 Å². The maximum atomic E-state index is 13.1. The standard InChI is InChI=1S/C23H25N3O4S2/c1-3-26-20-10-9-19(16-21(20)31-23(26)28)32(29,30)25-14-12-24(13-15-25)22(27)11-8-18-6-4-17(2)5-7-18/h4-11,16H,3,12-15H2,1-2H3/b11-8+. The molecule has 4 rings (SSSR count).